The molecule has 1 aromatic rings. The van der Waals surface area contributed by atoms with Gasteiger partial charge in [-0.3, -0.25) is 4.55 Å². The minimum Gasteiger partial charge on any atom is -0.370 e. The van der Waals surface area contributed by atoms with Gasteiger partial charge in [-0.1, -0.05) is 6.07 Å². The first-order valence-electron chi connectivity index (χ1n) is 3.80. The molecule has 0 aliphatic carbocycles. The van der Waals surface area contributed by atoms with Gasteiger partial charge in [-0.2, -0.15) is 8.42 Å². The minimum absolute atomic E-state index is 0.0437. The van der Waals surface area contributed by atoms with Gasteiger partial charge in [-0.15, -0.1) is 0 Å². The predicted molar refractivity (Wildman–Crippen MR) is 48.4 cm³/mol. The molecule has 1 N–H and O–H groups in total. The summed E-state index contributed by atoms with van der Waals surface area (Å²) in [5.41, 5.74) is 1.98. The molecule has 70 valence electrons. The molecule has 0 saturated heterocycles. The maximum atomic E-state index is 10.8. The van der Waals surface area contributed by atoms with E-state index in [1.807, 2.05) is 11.9 Å². The summed E-state index contributed by atoms with van der Waals surface area (Å²) < 4.78 is 30.3. The van der Waals surface area contributed by atoms with Crippen LogP contribution >= 0.6 is 0 Å². The smallest absolute Gasteiger partial charge is 0.294 e. The Morgan fingerprint density at radius 3 is 2.69 bits per heavy atom. The number of rotatable bonds is 1. The van der Waals surface area contributed by atoms with Crippen LogP contribution < -0.4 is 4.90 Å². The first-order chi connectivity index (χ1) is 5.98. The first-order valence-corrected chi connectivity index (χ1v) is 5.24. The van der Waals surface area contributed by atoms with Crippen molar-refractivity contribution in [2.45, 2.75) is 11.4 Å². The van der Waals surface area contributed by atoms with Crippen LogP contribution in [0.1, 0.15) is 5.56 Å². The average Bonchev–Trinajstić information content (AvgIpc) is 2.00. The Bertz CT molecular complexity index is 452. The lowest BCUT2D eigenvalue weighted by Gasteiger charge is -2.32. The SMILES string of the molecule is CN1Cc2ccc(S(=O)(=O)O)cc21. The number of nitrogens with zero attached hydrogens (tertiary/aromatic N) is 1. The molecule has 0 saturated carbocycles. The summed E-state index contributed by atoms with van der Waals surface area (Å²) >= 11 is 0. The Labute approximate surface area is 76.5 Å². The molecule has 0 amide bonds. The number of benzene rings is 1. The topological polar surface area (TPSA) is 57.6 Å². The van der Waals surface area contributed by atoms with Gasteiger partial charge in [0.2, 0.25) is 0 Å². The van der Waals surface area contributed by atoms with Gasteiger partial charge in [-0.05, 0) is 17.7 Å². The van der Waals surface area contributed by atoms with Crippen LogP contribution in [0.2, 0.25) is 0 Å². The zero-order chi connectivity index (χ0) is 9.64. The fourth-order valence-corrected chi connectivity index (χ4v) is 1.94. The van der Waals surface area contributed by atoms with Crippen molar-refractivity contribution in [2.24, 2.45) is 0 Å². The highest BCUT2D eigenvalue weighted by Gasteiger charge is 2.21. The van der Waals surface area contributed by atoms with Gasteiger partial charge in [0.05, 0.1) is 4.90 Å². The van der Waals surface area contributed by atoms with Gasteiger partial charge in [0.1, 0.15) is 0 Å². The van der Waals surface area contributed by atoms with Crippen molar-refractivity contribution >= 4 is 15.8 Å². The number of hydrogen-bond acceptors (Lipinski definition) is 3. The van der Waals surface area contributed by atoms with Crippen LogP contribution in [0.5, 0.6) is 0 Å². The fraction of sp³-hybridized carbons (Fsp3) is 0.250. The van der Waals surface area contributed by atoms with Crippen molar-refractivity contribution in [2.75, 3.05) is 11.9 Å². The lowest BCUT2D eigenvalue weighted by molar-refractivity contribution is 0.483. The standard InChI is InChI=1S/C8H9NO3S/c1-9-5-6-2-3-7(4-8(6)9)13(10,11)12/h2-4H,5H2,1H3,(H,10,11,12). The largest absolute Gasteiger partial charge is 0.370 e. The first kappa shape index (κ1) is 8.52. The second-order valence-electron chi connectivity index (χ2n) is 3.12. The van der Waals surface area contributed by atoms with Crippen molar-refractivity contribution in [3.63, 3.8) is 0 Å². The molecular weight excluding hydrogens is 190 g/mol. The van der Waals surface area contributed by atoms with Crippen LogP contribution in [0.15, 0.2) is 23.1 Å². The summed E-state index contributed by atoms with van der Waals surface area (Å²) in [6, 6.07) is 4.62. The zero-order valence-corrected chi connectivity index (χ0v) is 7.87. The van der Waals surface area contributed by atoms with Crippen molar-refractivity contribution in [3.8, 4) is 0 Å². The molecule has 0 spiro atoms. The molecular formula is C8H9NO3S. The maximum absolute atomic E-state index is 10.8. The average molecular weight is 199 g/mol. The van der Waals surface area contributed by atoms with Crippen LogP contribution in [0.4, 0.5) is 5.69 Å². The van der Waals surface area contributed by atoms with Crippen molar-refractivity contribution in [1.82, 2.24) is 0 Å². The third-order valence-corrected chi connectivity index (χ3v) is 3.02. The fourth-order valence-electron chi connectivity index (χ4n) is 1.44. The number of fused-ring (bicyclic) bond motifs is 1. The molecule has 13 heavy (non-hydrogen) atoms. The van der Waals surface area contributed by atoms with Crippen molar-refractivity contribution < 1.29 is 13.0 Å². The van der Waals surface area contributed by atoms with Gasteiger partial charge >= 0.3 is 0 Å². The second-order valence-corrected chi connectivity index (χ2v) is 4.54. The van der Waals surface area contributed by atoms with E-state index in [0.717, 1.165) is 17.8 Å². The van der Waals surface area contributed by atoms with Crippen molar-refractivity contribution in [3.05, 3.63) is 23.8 Å². The van der Waals surface area contributed by atoms with E-state index in [-0.39, 0.29) is 4.90 Å². The van der Waals surface area contributed by atoms with Gasteiger partial charge < -0.3 is 4.90 Å². The summed E-state index contributed by atoms with van der Waals surface area (Å²) in [7, 11) is -2.19. The molecule has 0 aromatic heterocycles. The van der Waals surface area contributed by atoms with E-state index in [1.54, 1.807) is 6.07 Å². The Hall–Kier alpha value is -1.07. The molecule has 1 heterocycles. The lowest BCUT2D eigenvalue weighted by Crippen LogP contribution is -2.27. The molecule has 0 radical (unpaired) electrons. The van der Waals surface area contributed by atoms with E-state index in [9.17, 15) is 8.42 Å². The third-order valence-electron chi connectivity index (χ3n) is 2.17. The Morgan fingerprint density at radius 2 is 2.15 bits per heavy atom. The molecule has 0 fully saturated rings. The molecule has 1 aliphatic rings. The van der Waals surface area contributed by atoms with Crippen LogP contribution in [-0.4, -0.2) is 20.0 Å². The number of hydrogen-bond donors (Lipinski definition) is 1. The van der Waals surface area contributed by atoms with Gasteiger partial charge in [-0.25, -0.2) is 0 Å². The summed E-state index contributed by atoms with van der Waals surface area (Å²) in [5, 5.41) is 0. The highest BCUT2D eigenvalue weighted by atomic mass is 32.2. The summed E-state index contributed by atoms with van der Waals surface area (Å²) in [6.45, 7) is 0.834. The van der Waals surface area contributed by atoms with E-state index in [4.69, 9.17) is 4.55 Å². The summed E-state index contributed by atoms with van der Waals surface area (Å²) in [4.78, 5) is 1.88. The van der Waals surface area contributed by atoms with E-state index < -0.39 is 10.1 Å². The van der Waals surface area contributed by atoms with Crippen LogP contribution in [0, 0.1) is 0 Å². The van der Waals surface area contributed by atoms with Gasteiger partial charge in [0.15, 0.2) is 0 Å². The van der Waals surface area contributed by atoms with E-state index in [1.165, 1.54) is 12.1 Å². The highest BCUT2D eigenvalue weighted by Crippen LogP contribution is 2.32. The Kier molecular flexibility index (Phi) is 1.61. The van der Waals surface area contributed by atoms with E-state index in [0.29, 0.717) is 0 Å². The predicted octanol–water partition coefficient (Wildman–Crippen LogP) is 0.883. The highest BCUT2D eigenvalue weighted by molar-refractivity contribution is 7.85. The minimum atomic E-state index is -4.06. The summed E-state index contributed by atoms with van der Waals surface area (Å²) in [6.07, 6.45) is 0. The van der Waals surface area contributed by atoms with Crippen molar-refractivity contribution in [1.29, 1.82) is 0 Å². The number of anilines is 1. The van der Waals surface area contributed by atoms with Crippen LogP contribution in [0.25, 0.3) is 0 Å². The lowest BCUT2D eigenvalue weighted by atomic mass is 10.1. The third kappa shape index (κ3) is 1.30. The van der Waals surface area contributed by atoms with Crippen LogP contribution in [0.3, 0.4) is 0 Å². The Balaban J connectivity index is 2.54. The quantitative estimate of drug-likeness (QED) is 0.682. The van der Waals surface area contributed by atoms with Crippen LogP contribution in [-0.2, 0) is 16.7 Å². The molecule has 0 atom stereocenters. The molecule has 1 aromatic carbocycles. The molecule has 5 heteroatoms. The summed E-state index contributed by atoms with van der Waals surface area (Å²) in [5.74, 6) is 0. The normalized spacial score (nSPS) is 15.1. The van der Waals surface area contributed by atoms with Gasteiger partial charge in [0, 0.05) is 19.3 Å². The molecule has 4 nitrogen and oxygen atoms in total. The van der Waals surface area contributed by atoms with E-state index in [2.05, 4.69) is 0 Å². The second kappa shape index (κ2) is 2.46. The Morgan fingerprint density at radius 1 is 1.46 bits per heavy atom. The molecule has 0 bridgehead atoms. The molecule has 1 aliphatic heterocycles. The monoisotopic (exact) mass is 199 g/mol. The zero-order valence-electron chi connectivity index (χ0n) is 7.06. The van der Waals surface area contributed by atoms with Gasteiger partial charge in [0.25, 0.3) is 10.1 Å². The maximum Gasteiger partial charge on any atom is 0.294 e. The van der Waals surface area contributed by atoms with E-state index >= 15 is 0 Å². The molecule has 0 unspecified atom stereocenters. The molecule has 2 rings (SSSR count).